The number of anilines is 1. The van der Waals surface area contributed by atoms with Crippen molar-refractivity contribution in [3.63, 3.8) is 0 Å². The third kappa shape index (κ3) is 4.82. The predicted octanol–water partition coefficient (Wildman–Crippen LogP) is 3.29. The Kier molecular flexibility index (Phi) is 6.53. The second-order valence-corrected chi connectivity index (χ2v) is 8.11. The summed E-state index contributed by atoms with van der Waals surface area (Å²) in [5, 5.41) is 13.9. The number of aryl methyl sites for hydroxylation is 1. The van der Waals surface area contributed by atoms with Gasteiger partial charge in [0.1, 0.15) is 6.61 Å². The van der Waals surface area contributed by atoms with Crippen LogP contribution in [0.1, 0.15) is 18.4 Å². The Morgan fingerprint density at radius 2 is 2.07 bits per heavy atom. The molecule has 1 atom stereocenters. The fourth-order valence-electron chi connectivity index (χ4n) is 2.28. The number of amides is 1. The lowest BCUT2D eigenvalue weighted by molar-refractivity contribution is -0.115. The van der Waals surface area contributed by atoms with Crippen LogP contribution in [-0.2, 0) is 18.4 Å². The second-order valence-electron chi connectivity index (χ2n) is 5.94. The van der Waals surface area contributed by atoms with Crippen LogP contribution in [0.3, 0.4) is 0 Å². The number of rotatable bonds is 8. The van der Waals surface area contributed by atoms with E-state index in [9.17, 15) is 4.79 Å². The summed E-state index contributed by atoms with van der Waals surface area (Å²) in [6, 6.07) is 7.41. The zero-order valence-electron chi connectivity index (χ0n) is 16.0. The van der Waals surface area contributed by atoms with E-state index in [2.05, 4.69) is 20.5 Å². The van der Waals surface area contributed by atoms with Crippen molar-refractivity contribution in [3.05, 3.63) is 41.2 Å². The van der Waals surface area contributed by atoms with Crippen LogP contribution in [0.15, 0.2) is 34.8 Å². The van der Waals surface area contributed by atoms with Gasteiger partial charge in [-0.05, 0) is 26.0 Å². The molecule has 0 aliphatic rings. The van der Waals surface area contributed by atoms with E-state index in [1.54, 1.807) is 7.11 Å². The van der Waals surface area contributed by atoms with Crippen molar-refractivity contribution >= 4 is 34.1 Å². The molecule has 2 aromatic heterocycles. The molecule has 0 saturated heterocycles. The van der Waals surface area contributed by atoms with Gasteiger partial charge in [0.2, 0.25) is 5.91 Å². The fraction of sp³-hybridized carbons (Fsp3) is 0.333. The molecule has 148 valence electrons. The molecule has 1 N–H and O–H groups in total. The molecule has 0 spiro atoms. The van der Waals surface area contributed by atoms with Crippen LogP contribution in [0, 0.1) is 6.92 Å². The van der Waals surface area contributed by atoms with E-state index >= 15 is 0 Å². The Balaban J connectivity index is 1.60. The first kappa shape index (κ1) is 20.2. The molecule has 10 heteroatoms. The van der Waals surface area contributed by atoms with Crippen LogP contribution in [0.5, 0.6) is 11.5 Å². The first-order valence-electron chi connectivity index (χ1n) is 8.51. The number of ether oxygens (including phenoxy) is 2. The lowest BCUT2D eigenvalue weighted by Crippen LogP contribution is -2.22. The van der Waals surface area contributed by atoms with Crippen LogP contribution in [0.2, 0.25) is 0 Å². The lowest BCUT2D eigenvalue weighted by Gasteiger charge is -2.11. The summed E-state index contributed by atoms with van der Waals surface area (Å²) >= 11 is 2.73. The van der Waals surface area contributed by atoms with Crippen molar-refractivity contribution in [1.82, 2.24) is 19.7 Å². The zero-order chi connectivity index (χ0) is 20.1. The van der Waals surface area contributed by atoms with Crippen molar-refractivity contribution in [2.75, 3.05) is 12.4 Å². The first-order valence-corrected chi connectivity index (χ1v) is 10.3. The summed E-state index contributed by atoms with van der Waals surface area (Å²) in [5.41, 5.74) is 0.883. The molecule has 1 unspecified atom stereocenters. The van der Waals surface area contributed by atoms with Gasteiger partial charge in [-0.3, -0.25) is 4.79 Å². The van der Waals surface area contributed by atoms with Crippen LogP contribution >= 0.6 is 23.1 Å². The maximum Gasteiger partial charge on any atom is 0.239 e. The summed E-state index contributed by atoms with van der Waals surface area (Å²) in [4.78, 5) is 16.6. The normalized spacial score (nSPS) is 11.9. The number of aromatic nitrogens is 4. The molecule has 1 amide bonds. The lowest BCUT2D eigenvalue weighted by atomic mass is 10.3. The maximum atomic E-state index is 12.4. The number of hydrogen-bond donors (Lipinski definition) is 1. The highest BCUT2D eigenvalue weighted by molar-refractivity contribution is 8.00. The largest absolute Gasteiger partial charge is 0.493 e. The SMILES string of the molecule is COc1ccccc1OCc1nnc(SC(C)C(=O)Nc2nc(C)cs2)n1C. The van der Waals surface area contributed by atoms with Crippen molar-refractivity contribution in [2.45, 2.75) is 30.9 Å². The quantitative estimate of drug-likeness (QED) is 0.560. The molecular weight excluding hydrogens is 398 g/mol. The molecule has 3 aromatic rings. The zero-order valence-corrected chi connectivity index (χ0v) is 17.6. The first-order chi connectivity index (χ1) is 13.5. The van der Waals surface area contributed by atoms with E-state index in [1.165, 1.54) is 23.1 Å². The molecule has 0 aliphatic heterocycles. The highest BCUT2D eigenvalue weighted by atomic mass is 32.2. The van der Waals surface area contributed by atoms with E-state index in [4.69, 9.17) is 9.47 Å². The Hall–Kier alpha value is -2.59. The number of carbonyl (C=O) groups is 1. The Morgan fingerprint density at radius 1 is 1.32 bits per heavy atom. The van der Waals surface area contributed by atoms with Gasteiger partial charge in [0, 0.05) is 12.4 Å². The smallest absolute Gasteiger partial charge is 0.239 e. The van der Waals surface area contributed by atoms with Crippen LogP contribution < -0.4 is 14.8 Å². The molecule has 28 heavy (non-hydrogen) atoms. The number of thioether (sulfide) groups is 1. The number of thiazole rings is 1. The number of nitrogens with one attached hydrogen (secondary N) is 1. The minimum Gasteiger partial charge on any atom is -0.493 e. The van der Waals surface area contributed by atoms with Crippen molar-refractivity contribution < 1.29 is 14.3 Å². The molecule has 0 saturated carbocycles. The Bertz CT molecular complexity index is 956. The number of para-hydroxylation sites is 2. The molecule has 2 heterocycles. The topological polar surface area (TPSA) is 91.2 Å². The minimum absolute atomic E-state index is 0.130. The second kappa shape index (κ2) is 9.07. The monoisotopic (exact) mass is 419 g/mol. The molecule has 0 fully saturated rings. The average Bonchev–Trinajstić information content (AvgIpc) is 3.25. The third-order valence-electron chi connectivity index (χ3n) is 3.85. The Labute approximate surface area is 171 Å². The van der Waals surface area contributed by atoms with Crippen LogP contribution in [0.25, 0.3) is 0 Å². The number of nitrogens with zero attached hydrogens (tertiary/aromatic N) is 4. The molecule has 0 radical (unpaired) electrons. The van der Waals surface area contributed by atoms with E-state index in [1.807, 2.05) is 55.1 Å². The van der Waals surface area contributed by atoms with Gasteiger partial charge in [-0.2, -0.15) is 0 Å². The number of hydrogen-bond acceptors (Lipinski definition) is 8. The average molecular weight is 420 g/mol. The van der Waals surface area contributed by atoms with E-state index in [0.29, 0.717) is 27.6 Å². The summed E-state index contributed by atoms with van der Waals surface area (Å²) in [7, 11) is 3.44. The highest BCUT2D eigenvalue weighted by Gasteiger charge is 2.20. The molecular formula is C18H21N5O3S2. The van der Waals surface area contributed by atoms with Crippen LogP contribution in [-0.4, -0.2) is 38.0 Å². The predicted molar refractivity (Wildman–Crippen MR) is 109 cm³/mol. The Morgan fingerprint density at radius 3 is 2.75 bits per heavy atom. The van der Waals surface area contributed by atoms with Crippen LogP contribution in [0.4, 0.5) is 5.13 Å². The molecule has 3 rings (SSSR count). The molecule has 0 bridgehead atoms. The number of benzene rings is 1. The summed E-state index contributed by atoms with van der Waals surface area (Å²) in [6.07, 6.45) is 0. The summed E-state index contributed by atoms with van der Waals surface area (Å²) < 4.78 is 12.9. The summed E-state index contributed by atoms with van der Waals surface area (Å²) in [5.74, 6) is 1.81. The van der Waals surface area contributed by atoms with Gasteiger partial charge >= 0.3 is 0 Å². The number of carbonyl (C=O) groups excluding carboxylic acids is 1. The summed E-state index contributed by atoms with van der Waals surface area (Å²) in [6.45, 7) is 3.95. The van der Waals surface area contributed by atoms with E-state index < -0.39 is 0 Å². The molecule has 0 aliphatic carbocycles. The highest BCUT2D eigenvalue weighted by Crippen LogP contribution is 2.27. The van der Waals surface area contributed by atoms with Crippen molar-refractivity contribution in [3.8, 4) is 11.5 Å². The third-order valence-corrected chi connectivity index (χ3v) is 5.86. The van der Waals surface area contributed by atoms with Gasteiger partial charge in [-0.15, -0.1) is 21.5 Å². The van der Waals surface area contributed by atoms with E-state index in [-0.39, 0.29) is 17.8 Å². The minimum atomic E-state index is -0.352. The van der Waals surface area contributed by atoms with Crippen molar-refractivity contribution in [1.29, 1.82) is 0 Å². The molecule has 1 aromatic carbocycles. The number of methoxy groups -OCH3 is 1. The standard InChI is InChI=1S/C18H21N5O3S2/c1-11-10-27-17(19-11)20-16(24)12(2)28-18-22-21-15(23(18)3)9-26-14-8-6-5-7-13(14)25-4/h5-8,10,12H,9H2,1-4H3,(H,19,20,24). The van der Waals surface area contributed by atoms with Gasteiger partial charge in [-0.1, -0.05) is 23.9 Å². The van der Waals surface area contributed by atoms with Gasteiger partial charge < -0.3 is 19.4 Å². The van der Waals surface area contributed by atoms with Gasteiger partial charge in [-0.25, -0.2) is 4.98 Å². The van der Waals surface area contributed by atoms with Gasteiger partial charge in [0.25, 0.3) is 0 Å². The van der Waals surface area contributed by atoms with Gasteiger partial charge in [0.05, 0.1) is 18.1 Å². The maximum absolute atomic E-state index is 12.4. The van der Waals surface area contributed by atoms with Gasteiger partial charge in [0.15, 0.2) is 27.6 Å². The fourth-order valence-corrected chi connectivity index (χ4v) is 3.81. The van der Waals surface area contributed by atoms with Crippen molar-refractivity contribution in [2.24, 2.45) is 7.05 Å². The van der Waals surface area contributed by atoms with E-state index in [0.717, 1.165) is 5.69 Å². The molecule has 8 nitrogen and oxygen atoms in total.